The quantitative estimate of drug-likeness (QED) is 0.693. The van der Waals surface area contributed by atoms with Crippen molar-refractivity contribution < 1.29 is 4.74 Å². The normalized spacial score (nSPS) is 16.5. The summed E-state index contributed by atoms with van der Waals surface area (Å²) >= 11 is 0. The smallest absolute Gasteiger partial charge is 0.261 e. The molecule has 3 N–H and O–H groups in total. The monoisotopic (exact) mass is 250 g/mol. The standard InChI is InChI=1S/C12H18N4O2/c1-2-10-15-11(9(7-13)12(17)16-10)14-8-3-5-18-6-4-8/h7-8,13H,2-6H2,1H3,(H2,14,15,16,17). The Morgan fingerprint density at radius 3 is 2.89 bits per heavy atom. The van der Waals surface area contributed by atoms with Crippen LogP contribution in [0.3, 0.4) is 0 Å². The maximum atomic E-state index is 11.8. The molecule has 1 fully saturated rings. The van der Waals surface area contributed by atoms with Crippen LogP contribution in [-0.2, 0) is 11.2 Å². The summed E-state index contributed by atoms with van der Waals surface area (Å²) in [6.07, 6.45) is 3.50. The molecule has 0 radical (unpaired) electrons. The van der Waals surface area contributed by atoms with Crippen molar-refractivity contribution in [2.75, 3.05) is 18.5 Å². The van der Waals surface area contributed by atoms with Gasteiger partial charge in [0.1, 0.15) is 11.6 Å². The van der Waals surface area contributed by atoms with E-state index in [0.29, 0.717) is 23.6 Å². The minimum Gasteiger partial charge on any atom is -0.381 e. The minimum absolute atomic E-state index is 0.258. The number of H-pyrrole nitrogens is 1. The second-order valence-electron chi connectivity index (χ2n) is 4.30. The van der Waals surface area contributed by atoms with Crippen LogP contribution >= 0.6 is 0 Å². The summed E-state index contributed by atoms with van der Waals surface area (Å²) in [7, 11) is 0. The zero-order chi connectivity index (χ0) is 13.0. The number of rotatable bonds is 4. The van der Waals surface area contributed by atoms with Gasteiger partial charge in [-0.15, -0.1) is 0 Å². The molecule has 1 aromatic rings. The van der Waals surface area contributed by atoms with E-state index >= 15 is 0 Å². The molecule has 0 aromatic carbocycles. The molecule has 2 rings (SSSR count). The van der Waals surface area contributed by atoms with Crippen LogP contribution in [0.2, 0.25) is 0 Å². The molecule has 18 heavy (non-hydrogen) atoms. The summed E-state index contributed by atoms with van der Waals surface area (Å²) in [6.45, 7) is 3.38. The molecule has 0 spiro atoms. The fourth-order valence-corrected chi connectivity index (χ4v) is 1.98. The van der Waals surface area contributed by atoms with E-state index in [1.807, 2.05) is 6.92 Å². The Balaban J connectivity index is 2.26. The molecule has 0 amide bonds. The summed E-state index contributed by atoms with van der Waals surface area (Å²) < 4.78 is 5.29. The average molecular weight is 250 g/mol. The number of nitrogens with one attached hydrogen (secondary N) is 3. The maximum absolute atomic E-state index is 11.8. The molecular formula is C12H18N4O2. The molecule has 1 aromatic heterocycles. The van der Waals surface area contributed by atoms with Gasteiger partial charge in [0, 0.05) is 31.9 Å². The number of nitrogens with zero attached hydrogens (tertiary/aromatic N) is 1. The molecule has 1 saturated heterocycles. The predicted octanol–water partition coefficient (Wildman–Crippen LogP) is 0.921. The van der Waals surface area contributed by atoms with Crippen LogP contribution in [-0.4, -0.2) is 35.4 Å². The first-order valence-electron chi connectivity index (χ1n) is 6.22. The molecule has 6 heteroatoms. The van der Waals surface area contributed by atoms with E-state index in [0.717, 1.165) is 32.3 Å². The summed E-state index contributed by atoms with van der Waals surface area (Å²) in [5.41, 5.74) is 0.0325. The molecule has 0 atom stereocenters. The van der Waals surface area contributed by atoms with Crippen LogP contribution in [0.4, 0.5) is 5.82 Å². The van der Waals surface area contributed by atoms with Crippen LogP contribution in [0, 0.1) is 5.41 Å². The van der Waals surface area contributed by atoms with Gasteiger partial charge in [0.15, 0.2) is 0 Å². The predicted molar refractivity (Wildman–Crippen MR) is 69.6 cm³/mol. The number of hydrogen-bond acceptors (Lipinski definition) is 5. The Morgan fingerprint density at radius 2 is 2.28 bits per heavy atom. The number of aryl methyl sites for hydroxylation is 1. The van der Waals surface area contributed by atoms with E-state index in [4.69, 9.17) is 10.1 Å². The molecular weight excluding hydrogens is 232 g/mol. The van der Waals surface area contributed by atoms with Gasteiger partial charge >= 0.3 is 0 Å². The van der Waals surface area contributed by atoms with Crippen LogP contribution in [0.5, 0.6) is 0 Å². The van der Waals surface area contributed by atoms with Gasteiger partial charge in [0.05, 0.1) is 5.56 Å². The second kappa shape index (κ2) is 5.77. The third kappa shape index (κ3) is 2.76. The summed E-state index contributed by atoms with van der Waals surface area (Å²) in [6, 6.07) is 0.261. The lowest BCUT2D eigenvalue weighted by atomic mass is 10.1. The van der Waals surface area contributed by atoms with Crippen molar-refractivity contribution in [3.05, 3.63) is 21.7 Å². The van der Waals surface area contributed by atoms with Gasteiger partial charge in [-0.2, -0.15) is 0 Å². The van der Waals surface area contributed by atoms with Crippen molar-refractivity contribution in [2.45, 2.75) is 32.2 Å². The molecule has 98 valence electrons. The topological polar surface area (TPSA) is 90.9 Å². The fourth-order valence-electron chi connectivity index (χ4n) is 1.98. The van der Waals surface area contributed by atoms with Gasteiger partial charge < -0.3 is 20.4 Å². The van der Waals surface area contributed by atoms with Crippen molar-refractivity contribution in [1.29, 1.82) is 5.41 Å². The van der Waals surface area contributed by atoms with E-state index in [1.165, 1.54) is 0 Å². The summed E-state index contributed by atoms with van der Waals surface area (Å²) in [4.78, 5) is 18.8. The van der Waals surface area contributed by atoms with Gasteiger partial charge in [-0.05, 0) is 12.8 Å². The fraction of sp³-hybridized carbons (Fsp3) is 0.583. The Kier molecular flexibility index (Phi) is 4.09. The van der Waals surface area contributed by atoms with E-state index in [-0.39, 0.29) is 11.6 Å². The number of aromatic amines is 1. The number of anilines is 1. The first-order valence-corrected chi connectivity index (χ1v) is 6.22. The van der Waals surface area contributed by atoms with Gasteiger partial charge in [0.25, 0.3) is 5.56 Å². The van der Waals surface area contributed by atoms with E-state index in [9.17, 15) is 4.79 Å². The van der Waals surface area contributed by atoms with Crippen molar-refractivity contribution >= 4 is 12.0 Å². The first kappa shape index (κ1) is 12.8. The molecule has 6 nitrogen and oxygen atoms in total. The molecule has 2 heterocycles. The molecule has 1 aliphatic heterocycles. The lowest BCUT2D eigenvalue weighted by Gasteiger charge is -2.24. The third-order valence-corrected chi connectivity index (χ3v) is 3.05. The van der Waals surface area contributed by atoms with E-state index in [1.54, 1.807) is 0 Å². The van der Waals surface area contributed by atoms with Gasteiger partial charge in [0.2, 0.25) is 0 Å². The number of aromatic nitrogens is 2. The molecule has 0 unspecified atom stereocenters. The highest BCUT2D eigenvalue weighted by Crippen LogP contribution is 2.14. The van der Waals surface area contributed by atoms with Crippen molar-refractivity contribution in [1.82, 2.24) is 9.97 Å². The zero-order valence-electron chi connectivity index (χ0n) is 10.5. The maximum Gasteiger partial charge on any atom is 0.261 e. The highest BCUT2D eigenvalue weighted by Gasteiger charge is 2.17. The Bertz CT molecular complexity index is 477. The Morgan fingerprint density at radius 1 is 1.56 bits per heavy atom. The SMILES string of the molecule is CCc1nc(NC2CCOCC2)c(C=N)c(=O)[nH]1. The largest absolute Gasteiger partial charge is 0.381 e. The lowest BCUT2D eigenvalue weighted by molar-refractivity contribution is 0.0904. The average Bonchev–Trinajstić information content (AvgIpc) is 2.39. The lowest BCUT2D eigenvalue weighted by Crippen LogP contribution is -2.30. The van der Waals surface area contributed by atoms with Crippen LogP contribution in [0.1, 0.15) is 31.2 Å². The van der Waals surface area contributed by atoms with E-state index < -0.39 is 0 Å². The second-order valence-corrected chi connectivity index (χ2v) is 4.30. The molecule has 0 saturated carbocycles. The molecule has 1 aliphatic rings. The van der Waals surface area contributed by atoms with Crippen molar-refractivity contribution in [2.24, 2.45) is 0 Å². The van der Waals surface area contributed by atoms with Crippen molar-refractivity contribution in [3.63, 3.8) is 0 Å². The first-order chi connectivity index (χ1) is 8.74. The van der Waals surface area contributed by atoms with Gasteiger partial charge in [-0.3, -0.25) is 4.79 Å². The Labute approximate surface area is 105 Å². The highest BCUT2D eigenvalue weighted by atomic mass is 16.5. The van der Waals surface area contributed by atoms with E-state index in [2.05, 4.69) is 15.3 Å². The third-order valence-electron chi connectivity index (χ3n) is 3.05. The highest BCUT2D eigenvalue weighted by molar-refractivity contribution is 5.83. The van der Waals surface area contributed by atoms with Crippen molar-refractivity contribution in [3.8, 4) is 0 Å². The molecule has 0 bridgehead atoms. The minimum atomic E-state index is -0.258. The molecule has 0 aliphatic carbocycles. The van der Waals surface area contributed by atoms with Crippen LogP contribution in [0.25, 0.3) is 0 Å². The Hall–Kier alpha value is -1.69. The zero-order valence-corrected chi connectivity index (χ0v) is 10.5. The van der Waals surface area contributed by atoms with Crippen LogP contribution in [0.15, 0.2) is 4.79 Å². The number of ether oxygens (including phenoxy) is 1. The summed E-state index contributed by atoms with van der Waals surface area (Å²) in [5.74, 6) is 1.15. The van der Waals surface area contributed by atoms with Crippen LogP contribution < -0.4 is 10.9 Å². The van der Waals surface area contributed by atoms with Gasteiger partial charge in [-0.25, -0.2) is 4.98 Å². The van der Waals surface area contributed by atoms with Gasteiger partial charge in [-0.1, -0.05) is 6.92 Å². The summed E-state index contributed by atoms with van der Waals surface area (Å²) in [5, 5.41) is 10.6. The number of hydrogen-bond donors (Lipinski definition) is 3.